The van der Waals surface area contributed by atoms with Gasteiger partial charge in [-0.05, 0) is 85.8 Å². The van der Waals surface area contributed by atoms with Crippen LogP contribution in [0.25, 0.3) is 16.6 Å². The Morgan fingerprint density at radius 1 is 0.958 bits per heavy atom. The summed E-state index contributed by atoms with van der Waals surface area (Å²) in [6.45, 7) is 7.34. The van der Waals surface area contributed by atoms with Gasteiger partial charge in [0, 0.05) is 85.2 Å². The van der Waals surface area contributed by atoms with Gasteiger partial charge < -0.3 is 19.9 Å². The van der Waals surface area contributed by atoms with Crippen LogP contribution in [0.15, 0.2) is 66.9 Å². The zero-order chi connectivity index (χ0) is 33.7. The fourth-order valence-corrected chi connectivity index (χ4v) is 7.16. The molecule has 0 bridgehead atoms. The van der Waals surface area contributed by atoms with Crippen LogP contribution in [0.5, 0.6) is 5.75 Å². The summed E-state index contributed by atoms with van der Waals surface area (Å²) in [6.07, 6.45) is 0.749. The molecule has 256 valence electrons. The lowest BCUT2D eigenvalue weighted by molar-refractivity contribution is -0.274. The normalized spacial score (nSPS) is 17.9. The van der Waals surface area contributed by atoms with Crippen molar-refractivity contribution in [3.8, 4) is 11.4 Å². The van der Waals surface area contributed by atoms with E-state index < -0.39 is 6.36 Å². The Morgan fingerprint density at radius 3 is 2.33 bits per heavy atom. The minimum atomic E-state index is -4.75. The average Bonchev–Trinajstić information content (AvgIpc) is 3.43. The zero-order valence-corrected chi connectivity index (χ0v) is 28.2. The average molecular weight is 703 g/mol. The molecule has 0 aliphatic carbocycles. The predicted molar refractivity (Wildman–Crippen MR) is 184 cm³/mol. The molecule has 1 amide bonds. The number of nitrogens with zero attached hydrogens (tertiary/aromatic N) is 3. The molecule has 2 aliphatic rings. The van der Waals surface area contributed by atoms with Crippen molar-refractivity contribution in [2.45, 2.75) is 45.1 Å². The Bertz CT molecular complexity index is 1680. The third-order valence-corrected chi connectivity index (χ3v) is 9.91. The Labute approximate surface area is 288 Å². The molecule has 2 fully saturated rings. The van der Waals surface area contributed by atoms with Gasteiger partial charge in [-0.1, -0.05) is 41.4 Å². The van der Waals surface area contributed by atoms with Gasteiger partial charge >= 0.3 is 6.36 Å². The van der Waals surface area contributed by atoms with Crippen LogP contribution in [0.4, 0.5) is 13.2 Å². The first-order chi connectivity index (χ1) is 23.1. The maximum Gasteiger partial charge on any atom is 0.573 e. The molecule has 12 heteroatoms. The molecular formula is C36H40Cl2F3N5O2. The minimum absolute atomic E-state index is 0.0206. The standard InChI is InChI=1S/C36H40Cl2F3N5O2/c37-32-6-1-7-33(38)31(32)24-45-18-16-44(17-19-45)22-25-8-13-30-27(5-3-15-43-35(47)26-4-2-14-42-21-26)23-46(34(30)20-25)28-9-11-29(12-10-28)48-36(39,40)41/h1,6-13,20,23,26,42H,2-5,14-19,21-22,24H2,(H,43,47). The molecule has 6 rings (SSSR count). The van der Waals surface area contributed by atoms with E-state index in [2.05, 4.69) is 49.6 Å². The van der Waals surface area contributed by atoms with Crippen molar-refractivity contribution in [3.05, 3.63) is 93.6 Å². The molecule has 2 aliphatic heterocycles. The van der Waals surface area contributed by atoms with Crippen LogP contribution in [-0.2, 0) is 24.3 Å². The topological polar surface area (TPSA) is 61.8 Å². The molecule has 0 saturated carbocycles. The van der Waals surface area contributed by atoms with Crippen molar-refractivity contribution in [2.75, 3.05) is 45.8 Å². The number of aromatic nitrogens is 1. The van der Waals surface area contributed by atoms with Crippen molar-refractivity contribution in [1.29, 1.82) is 0 Å². The van der Waals surface area contributed by atoms with Crippen LogP contribution in [0.3, 0.4) is 0 Å². The van der Waals surface area contributed by atoms with Crippen LogP contribution in [0, 0.1) is 5.92 Å². The largest absolute Gasteiger partial charge is 0.573 e. The number of alkyl halides is 3. The highest BCUT2D eigenvalue weighted by molar-refractivity contribution is 6.35. The van der Waals surface area contributed by atoms with E-state index in [0.717, 1.165) is 105 Å². The van der Waals surface area contributed by atoms with Gasteiger partial charge in [0.2, 0.25) is 5.91 Å². The van der Waals surface area contributed by atoms with Gasteiger partial charge in [0.25, 0.3) is 0 Å². The maximum atomic E-state index is 12.8. The number of carbonyl (C=O) groups excluding carboxylic acids is 1. The Morgan fingerprint density at radius 2 is 1.67 bits per heavy atom. The van der Waals surface area contributed by atoms with Gasteiger partial charge in [-0.15, -0.1) is 13.2 Å². The number of hydrogen-bond donors (Lipinski definition) is 2. The predicted octanol–water partition coefficient (Wildman–Crippen LogP) is 7.20. The highest BCUT2D eigenvalue weighted by Crippen LogP contribution is 2.30. The van der Waals surface area contributed by atoms with Crippen molar-refractivity contribution < 1.29 is 22.7 Å². The summed E-state index contributed by atoms with van der Waals surface area (Å²) in [5.74, 6) is -0.139. The van der Waals surface area contributed by atoms with E-state index in [1.54, 1.807) is 12.1 Å². The number of hydrogen-bond acceptors (Lipinski definition) is 5. The molecule has 0 spiro atoms. The zero-order valence-electron chi connectivity index (χ0n) is 26.7. The first-order valence-corrected chi connectivity index (χ1v) is 17.2. The number of rotatable bonds is 11. The smallest absolute Gasteiger partial charge is 0.406 e. The van der Waals surface area contributed by atoms with Crippen LogP contribution >= 0.6 is 23.2 Å². The Kier molecular flexibility index (Phi) is 11.2. The Balaban J connectivity index is 1.15. The van der Waals surface area contributed by atoms with Crippen molar-refractivity contribution in [2.24, 2.45) is 5.92 Å². The molecule has 1 atom stereocenters. The van der Waals surface area contributed by atoms with Crippen LogP contribution in [-0.4, -0.2) is 72.4 Å². The Hall–Kier alpha value is -3.28. The molecule has 1 aromatic heterocycles. The summed E-state index contributed by atoms with van der Waals surface area (Å²) < 4.78 is 44.5. The van der Waals surface area contributed by atoms with Gasteiger partial charge in [-0.25, -0.2) is 0 Å². The summed E-state index contributed by atoms with van der Waals surface area (Å²) >= 11 is 12.8. The lowest BCUT2D eigenvalue weighted by atomic mass is 9.99. The van der Waals surface area contributed by atoms with E-state index in [4.69, 9.17) is 23.2 Å². The monoisotopic (exact) mass is 701 g/mol. The molecule has 1 unspecified atom stereocenters. The number of ether oxygens (including phenoxy) is 1. The van der Waals surface area contributed by atoms with Crippen LogP contribution in [0.1, 0.15) is 36.0 Å². The number of carbonyl (C=O) groups is 1. The van der Waals surface area contributed by atoms with E-state index in [-0.39, 0.29) is 17.6 Å². The number of benzene rings is 3. The second-order valence-corrected chi connectivity index (χ2v) is 13.4. The summed E-state index contributed by atoms with van der Waals surface area (Å²) in [5.41, 5.74) is 4.95. The van der Waals surface area contributed by atoms with Crippen LogP contribution < -0.4 is 15.4 Å². The summed E-state index contributed by atoms with van der Waals surface area (Å²) in [5, 5.41) is 8.84. The molecule has 48 heavy (non-hydrogen) atoms. The number of aryl methyl sites for hydroxylation is 1. The molecule has 3 heterocycles. The number of halogens is 5. The fourth-order valence-electron chi connectivity index (χ4n) is 6.64. The molecule has 7 nitrogen and oxygen atoms in total. The van der Waals surface area contributed by atoms with Crippen molar-refractivity contribution in [1.82, 2.24) is 25.0 Å². The second kappa shape index (κ2) is 15.5. The van der Waals surface area contributed by atoms with E-state index >= 15 is 0 Å². The lowest BCUT2D eigenvalue weighted by Crippen LogP contribution is -2.45. The quantitative estimate of drug-likeness (QED) is 0.162. The SMILES string of the molecule is O=C(NCCCc1cn(-c2ccc(OC(F)(F)F)cc2)c2cc(CN3CCN(Cc4c(Cl)cccc4Cl)CC3)ccc12)C1CCCNC1. The lowest BCUT2D eigenvalue weighted by Gasteiger charge is -2.35. The number of amides is 1. The second-order valence-electron chi connectivity index (χ2n) is 12.6. The molecule has 3 aromatic carbocycles. The minimum Gasteiger partial charge on any atom is -0.406 e. The first kappa shape index (κ1) is 34.6. The van der Waals surface area contributed by atoms with Gasteiger partial charge in [0.1, 0.15) is 5.75 Å². The molecule has 0 radical (unpaired) electrons. The molecular weight excluding hydrogens is 662 g/mol. The van der Waals surface area contributed by atoms with Crippen molar-refractivity contribution >= 4 is 40.0 Å². The molecule has 4 aromatic rings. The van der Waals surface area contributed by atoms with Gasteiger partial charge in [-0.3, -0.25) is 14.6 Å². The van der Waals surface area contributed by atoms with E-state index in [1.807, 2.05) is 22.8 Å². The van der Waals surface area contributed by atoms with E-state index in [9.17, 15) is 18.0 Å². The van der Waals surface area contributed by atoms with Crippen molar-refractivity contribution in [3.63, 3.8) is 0 Å². The third-order valence-electron chi connectivity index (χ3n) is 9.21. The van der Waals surface area contributed by atoms with Crippen LogP contribution in [0.2, 0.25) is 10.0 Å². The maximum absolute atomic E-state index is 12.8. The third kappa shape index (κ3) is 8.84. The van der Waals surface area contributed by atoms with E-state index in [0.29, 0.717) is 23.1 Å². The van der Waals surface area contributed by atoms with E-state index in [1.165, 1.54) is 12.1 Å². The highest BCUT2D eigenvalue weighted by atomic mass is 35.5. The van der Waals surface area contributed by atoms with Gasteiger partial charge in [0.05, 0.1) is 11.4 Å². The number of piperazine rings is 1. The first-order valence-electron chi connectivity index (χ1n) is 16.5. The summed E-state index contributed by atoms with van der Waals surface area (Å²) in [4.78, 5) is 17.4. The highest BCUT2D eigenvalue weighted by Gasteiger charge is 2.31. The number of piperidine rings is 1. The summed E-state index contributed by atoms with van der Waals surface area (Å²) in [6, 6.07) is 18.0. The molecule has 2 N–H and O–H groups in total. The summed E-state index contributed by atoms with van der Waals surface area (Å²) in [7, 11) is 0. The van der Waals surface area contributed by atoms with Gasteiger partial charge in [-0.2, -0.15) is 0 Å². The number of nitrogens with one attached hydrogen (secondary N) is 2. The molecule has 2 saturated heterocycles. The number of fused-ring (bicyclic) bond motifs is 1. The van der Waals surface area contributed by atoms with Gasteiger partial charge in [0.15, 0.2) is 0 Å². The fraction of sp³-hybridized carbons (Fsp3) is 0.417.